The van der Waals surface area contributed by atoms with Gasteiger partial charge in [-0.05, 0) is 44.0 Å². The van der Waals surface area contributed by atoms with E-state index in [2.05, 4.69) is 10.1 Å². The van der Waals surface area contributed by atoms with Gasteiger partial charge in [-0.15, -0.1) is 0 Å². The predicted molar refractivity (Wildman–Crippen MR) is 104 cm³/mol. The molecule has 3 aromatic rings. The highest BCUT2D eigenvalue weighted by molar-refractivity contribution is 5.95. The largest absolute Gasteiger partial charge is 0.416 e. The normalized spacial score (nSPS) is 16.9. The SMILES string of the molecule is Cc1cccc(-c2noc(C3CCCN3C(=O)c3cc(C(F)(F)F)cc(C(F)(F)F)c3)n2)c1. The fourth-order valence-corrected chi connectivity index (χ4v) is 3.78. The third-order valence-electron chi connectivity index (χ3n) is 5.35. The fourth-order valence-electron chi connectivity index (χ4n) is 3.78. The first-order valence-corrected chi connectivity index (χ1v) is 9.94. The van der Waals surface area contributed by atoms with E-state index in [9.17, 15) is 31.1 Å². The molecule has 0 saturated carbocycles. The second kappa shape index (κ2) is 8.20. The van der Waals surface area contributed by atoms with Crippen LogP contribution in [0.15, 0.2) is 47.0 Å². The van der Waals surface area contributed by atoms with Gasteiger partial charge in [-0.3, -0.25) is 4.79 Å². The smallest absolute Gasteiger partial charge is 0.337 e. The second-order valence-corrected chi connectivity index (χ2v) is 7.78. The van der Waals surface area contributed by atoms with Crippen molar-refractivity contribution in [3.8, 4) is 11.4 Å². The number of nitrogens with zero attached hydrogens (tertiary/aromatic N) is 3. The third kappa shape index (κ3) is 4.71. The van der Waals surface area contributed by atoms with E-state index in [1.54, 1.807) is 12.1 Å². The van der Waals surface area contributed by atoms with E-state index in [1.807, 2.05) is 19.1 Å². The van der Waals surface area contributed by atoms with Crippen molar-refractivity contribution in [1.82, 2.24) is 15.0 Å². The number of likely N-dealkylation sites (tertiary alicyclic amines) is 1. The van der Waals surface area contributed by atoms with Crippen LogP contribution in [0.4, 0.5) is 26.3 Å². The molecule has 0 bridgehead atoms. The number of benzene rings is 2. The number of amides is 1. The predicted octanol–water partition coefficient (Wildman–Crippen LogP) is 6.06. The zero-order valence-electron chi connectivity index (χ0n) is 17.2. The molecule has 1 atom stereocenters. The molecule has 0 radical (unpaired) electrons. The summed E-state index contributed by atoms with van der Waals surface area (Å²) in [4.78, 5) is 18.5. The van der Waals surface area contributed by atoms with Gasteiger partial charge in [0.2, 0.25) is 11.7 Å². The molecule has 1 aliphatic rings. The van der Waals surface area contributed by atoms with Crippen molar-refractivity contribution in [1.29, 1.82) is 0 Å². The molecule has 1 unspecified atom stereocenters. The number of aryl methyl sites for hydroxylation is 1. The maximum atomic E-state index is 13.2. The molecule has 1 aromatic heterocycles. The first-order chi connectivity index (χ1) is 15.4. The second-order valence-electron chi connectivity index (χ2n) is 7.78. The van der Waals surface area contributed by atoms with Crippen molar-refractivity contribution in [3.05, 3.63) is 70.6 Å². The van der Waals surface area contributed by atoms with E-state index >= 15 is 0 Å². The molecule has 5 nitrogen and oxygen atoms in total. The summed E-state index contributed by atoms with van der Waals surface area (Å²) in [7, 11) is 0. The van der Waals surface area contributed by atoms with Crippen LogP contribution in [0.3, 0.4) is 0 Å². The van der Waals surface area contributed by atoms with Crippen molar-refractivity contribution >= 4 is 5.91 Å². The summed E-state index contributed by atoms with van der Waals surface area (Å²) < 4.78 is 84.4. The van der Waals surface area contributed by atoms with E-state index in [0.29, 0.717) is 30.5 Å². The first kappa shape index (κ1) is 22.8. The van der Waals surface area contributed by atoms with Crippen LogP contribution < -0.4 is 0 Å². The third-order valence-corrected chi connectivity index (χ3v) is 5.35. The zero-order valence-corrected chi connectivity index (χ0v) is 17.2. The molecule has 2 aromatic carbocycles. The summed E-state index contributed by atoms with van der Waals surface area (Å²) >= 11 is 0. The van der Waals surface area contributed by atoms with Crippen LogP contribution in [0.2, 0.25) is 0 Å². The molecular formula is C22H17F6N3O2. The van der Waals surface area contributed by atoms with E-state index in [0.717, 1.165) is 5.56 Å². The van der Waals surface area contributed by atoms with Crippen molar-refractivity contribution in [2.24, 2.45) is 0 Å². The number of carbonyl (C=O) groups is 1. The lowest BCUT2D eigenvalue weighted by Crippen LogP contribution is -2.31. The Kier molecular flexibility index (Phi) is 5.67. The van der Waals surface area contributed by atoms with Gasteiger partial charge in [0.1, 0.15) is 6.04 Å². The summed E-state index contributed by atoms with van der Waals surface area (Å²) in [5.74, 6) is -0.629. The average molecular weight is 469 g/mol. The molecule has 1 amide bonds. The molecule has 0 spiro atoms. The average Bonchev–Trinajstić information content (AvgIpc) is 3.41. The Bertz CT molecular complexity index is 1150. The highest BCUT2D eigenvalue weighted by atomic mass is 19.4. The van der Waals surface area contributed by atoms with Crippen molar-refractivity contribution in [2.75, 3.05) is 6.54 Å². The minimum atomic E-state index is -5.05. The number of hydrogen-bond donors (Lipinski definition) is 0. The van der Waals surface area contributed by atoms with Crippen molar-refractivity contribution in [3.63, 3.8) is 0 Å². The van der Waals surface area contributed by atoms with Crippen molar-refractivity contribution < 1.29 is 35.7 Å². The summed E-state index contributed by atoms with van der Waals surface area (Å²) in [5, 5.41) is 3.91. The molecule has 11 heteroatoms. The van der Waals surface area contributed by atoms with Gasteiger partial charge >= 0.3 is 12.4 Å². The highest BCUT2D eigenvalue weighted by Gasteiger charge is 2.40. The van der Waals surface area contributed by atoms with Gasteiger partial charge in [0, 0.05) is 17.7 Å². The standard InChI is InChI=1S/C22H17F6N3O2/c1-12-4-2-5-13(8-12)18-29-19(33-30-18)17-6-3-7-31(17)20(32)14-9-15(21(23,24)25)11-16(10-14)22(26,27)28/h2,4-5,8-11,17H,3,6-7H2,1H3. The minimum Gasteiger partial charge on any atom is -0.337 e. The Morgan fingerprint density at radius 1 is 1.03 bits per heavy atom. The van der Waals surface area contributed by atoms with Crippen LogP contribution in [-0.2, 0) is 12.4 Å². The number of halogens is 6. The van der Waals surface area contributed by atoms with E-state index in [-0.39, 0.29) is 24.3 Å². The van der Waals surface area contributed by atoms with Gasteiger partial charge in [-0.25, -0.2) is 0 Å². The summed E-state index contributed by atoms with van der Waals surface area (Å²) in [5.41, 5.74) is -2.16. The topological polar surface area (TPSA) is 59.2 Å². The van der Waals surface area contributed by atoms with Crippen LogP contribution in [0.5, 0.6) is 0 Å². The van der Waals surface area contributed by atoms with Crippen LogP contribution in [0, 0.1) is 6.92 Å². The lowest BCUT2D eigenvalue weighted by atomic mass is 10.0. The molecule has 2 heterocycles. The van der Waals surface area contributed by atoms with E-state index in [1.165, 1.54) is 4.90 Å². The number of aromatic nitrogens is 2. The van der Waals surface area contributed by atoms with Gasteiger partial charge in [0.25, 0.3) is 5.91 Å². The van der Waals surface area contributed by atoms with Gasteiger partial charge in [0.05, 0.1) is 11.1 Å². The van der Waals surface area contributed by atoms with Gasteiger partial charge < -0.3 is 9.42 Å². The quantitative estimate of drug-likeness (QED) is 0.438. The molecule has 4 rings (SSSR count). The Labute approximate surface area is 184 Å². The summed E-state index contributed by atoms with van der Waals surface area (Å²) in [6.07, 6.45) is -9.23. The Morgan fingerprint density at radius 3 is 2.30 bits per heavy atom. The number of alkyl halides is 6. The molecule has 1 saturated heterocycles. The first-order valence-electron chi connectivity index (χ1n) is 9.94. The maximum Gasteiger partial charge on any atom is 0.416 e. The van der Waals surface area contributed by atoms with Crippen LogP contribution in [0.1, 0.15) is 51.8 Å². The summed E-state index contributed by atoms with van der Waals surface area (Å²) in [6.45, 7) is 2.01. The summed E-state index contributed by atoms with van der Waals surface area (Å²) in [6, 6.07) is 7.37. The van der Waals surface area contributed by atoms with E-state index in [4.69, 9.17) is 4.52 Å². The van der Waals surface area contributed by atoms with Crippen LogP contribution in [0.25, 0.3) is 11.4 Å². The Morgan fingerprint density at radius 2 is 1.70 bits per heavy atom. The number of carbonyl (C=O) groups excluding carboxylic acids is 1. The lowest BCUT2D eigenvalue weighted by Gasteiger charge is -2.23. The van der Waals surface area contributed by atoms with Crippen LogP contribution >= 0.6 is 0 Å². The van der Waals surface area contributed by atoms with Gasteiger partial charge in [-0.1, -0.05) is 28.9 Å². The number of rotatable bonds is 3. The Hall–Kier alpha value is -3.37. The van der Waals surface area contributed by atoms with Crippen molar-refractivity contribution in [2.45, 2.75) is 38.2 Å². The number of hydrogen-bond acceptors (Lipinski definition) is 4. The monoisotopic (exact) mass is 469 g/mol. The highest BCUT2D eigenvalue weighted by Crippen LogP contribution is 2.38. The molecule has 0 aliphatic carbocycles. The molecule has 1 fully saturated rings. The lowest BCUT2D eigenvalue weighted by molar-refractivity contribution is -0.143. The van der Waals surface area contributed by atoms with E-state index < -0.39 is 41.0 Å². The Balaban J connectivity index is 1.66. The van der Waals surface area contributed by atoms with Gasteiger partial charge in [0.15, 0.2) is 0 Å². The minimum absolute atomic E-state index is 0.00955. The fraction of sp³-hybridized carbons (Fsp3) is 0.318. The maximum absolute atomic E-state index is 13.2. The molecule has 33 heavy (non-hydrogen) atoms. The molecule has 1 aliphatic heterocycles. The zero-order chi connectivity index (χ0) is 24.0. The van der Waals surface area contributed by atoms with Gasteiger partial charge in [-0.2, -0.15) is 31.3 Å². The molecular weight excluding hydrogens is 452 g/mol. The molecule has 174 valence electrons. The van der Waals surface area contributed by atoms with Crippen LogP contribution in [-0.4, -0.2) is 27.5 Å². The molecule has 0 N–H and O–H groups in total.